The molecular formula is C24H32N4O5S. The van der Waals surface area contributed by atoms with Crippen molar-refractivity contribution in [2.75, 3.05) is 25.5 Å². The van der Waals surface area contributed by atoms with E-state index in [2.05, 4.69) is 15.6 Å². The van der Waals surface area contributed by atoms with Crippen LogP contribution in [-0.2, 0) is 19.6 Å². The van der Waals surface area contributed by atoms with Crippen molar-refractivity contribution >= 4 is 27.7 Å². The first-order valence-corrected chi connectivity index (χ1v) is 12.9. The highest BCUT2D eigenvalue weighted by atomic mass is 32.2. The number of carbonyl (C=O) groups is 2. The molecule has 0 saturated carbocycles. The van der Waals surface area contributed by atoms with Gasteiger partial charge in [-0.1, -0.05) is 26.3 Å². The molecule has 2 amide bonds. The van der Waals surface area contributed by atoms with E-state index in [1.54, 1.807) is 36.5 Å². The Morgan fingerprint density at radius 2 is 1.94 bits per heavy atom. The molecular weight excluding hydrogens is 456 g/mol. The lowest BCUT2D eigenvalue weighted by Crippen LogP contribution is -2.52. The van der Waals surface area contributed by atoms with Gasteiger partial charge in [-0.25, -0.2) is 13.4 Å². The number of piperidine rings is 1. The van der Waals surface area contributed by atoms with Crippen LogP contribution in [0.2, 0.25) is 0 Å². The summed E-state index contributed by atoms with van der Waals surface area (Å²) in [6.07, 6.45) is 3.37. The maximum atomic E-state index is 13.1. The Kier molecular flexibility index (Phi) is 8.62. The van der Waals surface area contributed by atoms with Crippen molar-refractivity contribution in [3.8, 4) is 5.75 Å². The SMILES string of the molecule is CC[C@@H](C)[C@H](NC(=O)[C@@H]1CCCN(S(=O)(=O)c2ccc(OC)cc2)C1)C(=O)Nc1ccccn1. The summed E-state index contributed by atoms with van der Waals surface area (Å²) in [4.78, 5) is 30.3. The van der Waals surface area contributed by atoms with Crippen LogP contribution in [0.25, 0.3) is 0 Å². The standard InChI is InChI=1S/C24H32N4O5S/c1-4-17(2)22(24(30)26-21-9-5-6-14-25-21)27-23(29)18-8-7-15-28(16-18)34(31,32)20-12-10-19(33-3)11-13-20/h5-6,9-14,17-18,22H,4,7-8,15-16H2,1-3H3,(H,27,29)(H,25,26,30)/t17-,18-,22+/m1/s1. The van der Waals surface area contributed by atoms with Crippen LogP contribution >= 0.6 is 0 Å². The van der Waals surface area contributed by atoms with Gasteiger partial charge in [-0.3, -0.25) is 9.59 Å². The van der Waals surface area contributed by atoms with Crippen molar-refractivity contribution in [3.63, 3.8) is 0 Å². The van der Waals surface area contributed by atoms with E-state index in [0.29, 0.717) is 37.4 Å². The minimum absolute atomic E-state index is 0.0648. The summed E-state index contributed by atoms with van der Waals surface area (Å²) in [5.41, 5.74) is 0. The third kappa shape index (κ3) is 6.12. The number of hydrogen-bond donors (Lipinski definition) is 2. The molecule has 1 aliphatic rings. The van der Waals surface area contributed by atoms with E-state index in [4.69, 9.17) is 4.74 Å². The Morgan fingerprint density at radius 1 is 1.21 bits per heavy atom. The summed E-state index contributed by atoms with van der Waals surface area (Å²) in [6.45, 7) is 4.24. The Labute approximate surface area is 201 Å². The number of anilines is 1. The number of rotatable bonds is 9. The number of aromatic nitrogens is 1. The van der Waals surface area contributed by atoms with Gasteiger partial charge in [0.25, 0.3) is 0 Å². The van der Waals surface area contributed by atoms with Crippen molar-refractivity contribution in [1.82, 2.24) is 14.6 Å². The molecule has 34 heavy (non-hydrogen) atoms. The lowest BCUT2D eigenvalue weighted by atomic mass is 9.95. The summed E-state index contributed by atoms with van der Waals surface area (Å²) >= 11 is 0. The van der Waals surface area contributed by atoms with Gasteiger partial charge in [-0.2, -0.15) is 4.31 Å². The fourth-order valence-electron chi connectivity index (χ4n) is 3.89. The highest BCUT2D eigenvalue weighted by molar-refractivity contribution is 7.89. The van der Waals surface area contributed by atoms with Crippen LogP contribution in [0.3, 0.4) is 0 Å². The van der Waals surface area contributed by atoms with E-state index in [9.17, 15) is 18.0 Å². The van der Waals surface area contributed by atoms with Crippen LogP contribution < -0.4 is 15.4 Å². The molecule has 1 saturated heterocycles. The maximum Gasteiger partial charge on any atom is 0.248 e. The highest BCUT2D eigenvalue weighted by Crippen LogP contribution is 2.25. The molecule has 1 aromatic carbocycles. The number of nitrogens with zero attached hydrogens (tertiary/aromatic N) is 2. The number of sulfonamides is 1. The van der Waals surface area contributed by atoms with Gasteiger partial charge in [0, 0.05) is 19.3 Å². The topological polar surface area (TPSA) is 118 Å². The lowest BCUT2D eigenvalue weighted by molar-refractivity contribution is -0.131. The largest absolute Gasteiger partial charge is 0.497 e. The molecule has 0 spiro atoms. The second-order valence-corrected chi connectivity index (χ2v) is 10.4. The Bertz CT molecular complexity index is 1080. The molecule has 10 heteroatoms. The molecule has 1 aromatic heterocycles. The number of methoxy groups -OCH3 is 1. The molecule has 2 N–H and O–H groups in total. The van der Waals surface area contributed by atoms with Crippen LogP contribution in [-0.4, -0.2) is 55.8 Å². The molecule has 9 nitrogen and oxygen atoms in total. The first-order valence-electron chi connectivity index (χ1n) is 11.4. The minimum Gasteiger partial charge on any atom is -0.497 e. The van der Waals surface area contributed by atoms with Gasteiger partial charge < -0.3 is 15.4 Å². The summed E-state index contributed by atoms with van der Waals surface area (Å²) in [5, 5.41) is 5.62. The van der Waals surface area contributed by atoms with Crippen LogP contribution in [0.5, 0.6) is 5.75 Å². The zero-order valence-electron chi connectivity index (χ0n) is 19.7. The third-order valence-corrected chi connectivity index (χ3v) is 8.04. The smallest absolute Gasteiger partial charge is 0.248 e. The lowest BCUT2D eigenvalue weighted by Gasteiger charge is -2.32. The number of carbonyl (C=O) groups excluding carboxylic acids is 2. The predicted octanol–water partition coefficient (Wildman–Crippen LogP) is 2.66. The van der Waals surface area contributed by atoms with Crippen molar-refractivity contribution in [2.45, 2.75) is 44.0 Å². The van der Waals surface area contributed by atoms with Crippen molar-refractivity contribution in [2.24, 2.45) is 11.8 Å². The predicted molar refractivity (Wildman–Crippen MR) is 129 cm³/mol. The second-order valence-electron chi connectivity index (χ2n) is 8.45. The van der Waals surface area contributed by atoms with Crippen molar-refractivity contribution in [1.29, 1.82) is 0 Å². The highest BCUT2D eigenvalue weighted by Gasteiger charge is 2.35. The van der Waals surface area contributed by atoms with Crippen LogP contribution in [0, 0.1) is 11.8 Å². The summed E-state index contributed by atoms with van der Waals surface area (Å²) in [7, 11) is -2.24. The average molecular weight is 489 g/mol. The number of pyridine rings is 1. The summed E-state index contributed by atoms with van der Waals surface area (Å²) < 4.78 is 32.7. The molecule has 2 aromatic rings. The third-order valence-electron chi connectivity index (χ3n) is 6.16. The Balaban J connectivity index is 1.70. The number of benzene rings is 1. The number of nitrogens with one attached hydrogen (secondary N) is 2. The molecule has 1 aliphatic heterocycles. The molecule has 1 fully saturated rings. The first-order chi connectivity index (χ1) is 16.3. The van der Waals surface area contributed by atoms with Gasteiger partial charge in [0.05, 0.1) is 17.9 Å². The molecule has 0 aliphatic carbocycles. The molecule has 0 radical (unpaired) electrons. The molecule has 3 atom stereocenters. The summed E-state index contributed by atoms with van der Waals surface area (Å²) in [6, 6.07) is 10.6. The van der Waals surface area contributed by atoms with E-state index in [0.717, 1.165) is 0 Å². The molecule has 0 unspecified atom stereocenters. The fourth-order valence-corrected chi connectivity index (χ4v) is 5.41. The van der Waals surface area contributed by atoms with E-state index < -0.39 is 22.0 Å². The normalized spacial score (nSPS) is 18.5. The van der Waals surface area contributed by atoms with Gasteiger partial charge in [0.1, 0.15) is 17.6 Å². The number of amides is 2. The van der Waals surface area contributed by atoms with E-state index in [-0.39, 0.29) is 29.2 Å². The first kappa shape index (κ1) is 25.6. The molecule has 0 bridgehead atoms. The van der Waals surface area contributed by atoms with Crippen LogP contribution in [0.15, 0.2) is 53.6 Å². The number of ether oxygens (including phenoxy) is 1. The van der Waals surface area contributed by atoms with Gasteiger partial charge >= 0.3 is 0 Å². The van der Waals surface area contributed by atoms with Crippen LogP contribution in [0.4, 0.5) is 5.82 Å². The van der Waals surface area contributed by atoms with E-state index >= 15 is 0 Å². The molecule has 184 valence electrons. The van der Waals surface area contributed by atoms with Crippen molar-refractivity contribution < 1.29 is 22.7 Å². The van der Waals surface area contributed by atoms with Crippen molar-refractivity contribution in [3.05, 3.63) is 48.7 Å². The Hall–Kier alpha value is -2.98. The number of hydrogen-bond acceptors (Lipinski definition) is 6. The maximum absolute atomic E-state index is 13.1. The zero-order chi connectivity index (χ0) is 24.7. The molecule has 3 rings (SSSR count). The van der Waals surface area contributed by atoms with Crippen LogP contribution in [0.1, 0.15) is 33.1 Å². The van der Waals surface area contributed by atoms with Gasteiger partial charge in [-0.15, -0.1) is 0 Å². The van der Waals surface area contributed by atoms with Gasteiger partial charge in [0.2, 0.25) is 21.8 Å². The Morgan fingerprint density at radius 3 is 2.56 bits per heavy atom. The molecule has 2 heterocycles. The van der Waals surface area contributed by atoms with E-state index in [1.165, 1.54) is 23.5 Å². The van der Waals surface area contributed by atoms with Gasteiger partial charge in [0.15, 0.2) is 0 Å². The average Bonchev–Trinajstić information content (AvgIpc) is 2.87. The second kappa shape index (κ2) is 11.4. The van der Waals surface area contributed by atoms with E-state index in [1.807, 2.05) is 13.8 Å². The quantitative estimate of drug-likeness (QED) is 0.560. The fraction of sp³-hybridized carbons (Fsp3) is 0.458. The van der Waals surface area contributed by atoms with Gasteiger partial charge in [-0.05, 0) is 55.2 Å². The zero-order valence-corrected chi connectivity index (χ0v) is 20.5. The minimum atomic E-state index is -3.75. The monoisotopic (exact) mass is 488 g/mol. The summed E-state index contributed by atoms with van der Waals surface area (Å²) in [5.74, 6) is -0.359.